The second-order valence-electron chi connectivity index (χ2n) is 4.88. The van der Waals surface area contributed by atoms with Crippen LogP contribution >= 0.6 is 11.3 Å². The molecule has 3 N–H and O–H groups in total. The van der Waals surface area contributed by atoms with Crippen LogP contribution in [0, 0.1) is 0 Å². The molecular formula is C16H13NO7S. The van der Waals surface area contributed by atoms with Crippen molar-refractivity contribution in [1.29, 1.82) is 0 Å². The number of hydrogen-bond acceptors (Lipinski definition) is 6. The SMILES string of the molecule is O=C(O)C(=O)N[C@H](Cc1ccc(OC(=O)c2cccs2)cc1)C(=O)O. The quantitative estimate of drug-likeness (QED) is 0.399. The Morgan fingerprint density at radius 2 is 1.76 bits per heavy atom. The molecule has 8 nitrogen and oxygen atoms in total. The predicted molar refractivity (Wildman–Crippen MR) is 86.6 cm³/mol. The highest BCUT2D eigenvalue weighted by Gasteiger charge is 2.23. The largest absolute Gasteiger partial charge is 0.480 e. The van der Waals surface area contributed by atoms with E-state index in [2.05, 4.69) is 0 Å². The fraction of sp³-hybridized carbons (Fsp3) is 0.125. The van der Waals surface area contributed by atoms with Crippen molar-refractivity contribution in [3.8, 4) is 5.75 Å². The molecule has 1 amide bonds. The van der Waals surface area contributed by atoms with E-state index in [1.807, 2.05) is 5.32 Å². The van der Waals surface area contributed by atoms with E-state index in [0.29, 0.717) is 10.4 Å². The standard InChI is InChI=1S/C16H13NO7S/c18-13(15(21)22)17-11(14(19)20)8-9-3-5-10(6-4-9)24-16(23)12-2-1-7-25-12/h1-7,11H,8H2,(H,17,18)(H,19,20)(H,21,22)/t11-/m1/s1. The number of esters is 1. The van der Waals surface area contributed by atoms with Gasteiger partial charge in [-0.25, -0.2) is 14.4 Å². The molecule has 0 fully saturated rings. The summed E-state index contributed by atoms with van der Waals surface area (Å²) in [7, 11) is 0. The highest BCUT2D eigenvalue weighted by Crippen LogP contribution is 2.17. The van der Waals surface area contributed by atoms with Gasteiger partial charge in [-0.3, -0.25) is 4.79 Å². The first-order chi connectivity index (χ1) is 11.9. The molecule has 0 spiro atoms. The predicted octanol–water partition coefficient (Wildman–Crippen LogP) is 1.16. The molecule has 0 saturated carbocycles. The minimum absolute atomic E-state index is 0.118. The Labute approximate surface area is 145 Å². The van der Waals surface area contributed by atoms with E-state index in [1.165, 1.54) is 35.6 Å². The lowest BCUT2D eigenvalue weighted by Crippen LogP contribution is -2.45. The first kappa shape index (κ1) is 18.1. The molecule has 1 aromatic carbocycles. The van der Waals surface area contributed by atoms with E-state index >= 15 is 0 Å². The number of aliphatic carboxylic acids is 2. The number of carbonyl (C=O) groups excluding carboxylic acids is 2. The van der Waals surface area contributed by atoms with Gasteiger partial charge in [0.1, 0.15) is 16.7 Å². The summed E-state index contributed by atoms with van der Waals surface area (Å²) in [5.41, 5.74) is 0.522. The molecule has 25 heavy (non-hydrogen) atoms. The van der Waals surface area contributed by atoms with Crippen LogP contribution in [0.15, 0.2) is 41.8 Å². The van der Waals surface area contributed by atoms with Crippen molar-refractivity contribution in [2.75, 3.05) is 0 Å². The van der Waals surface area contributed by atoms with Gasteiger partial charge in [-0.15, -0.1) is 11.3 Å². The molecular weight excluding hydrogens is 350 g/mol. The zero-order valence-electron chi connectivity index (χ0n) is 12.7. The van der Waals surface area contributed by atoms with Gasteiger partial charge >= 0.3 is 23.8 Å². The van der Waals surface area contributed by atoms with Gasteiger partial charge in [-0.2, -0.15) is 0 Å². The van der Waals surface area contributed by atoms with Crippen molar-refractivity contribution in [1.82, 2.24) is 5.32 Å². The normalized spacial score (nSPS) is 11.4. The van der Waals surface area contributed by atoms with Crippen LogP contribution in [-0.2, 0) is 20.8 Å². The molecule has 1 aromatic heterocycles. The average Bonchev–Trinajstić information content (AvgIpc) is 3.10. The maximum atomic E-state index is 11.8. The summed E-state index contributed by atoms with van der Waals surface area (Å²) < 4.78 is 5.17. The molecule has 0 aliphatic carbocycles. The Hall–Kier alpha value is -3.20. The van der Waals surface area contributed by atoms with Crippen LogP contribution in [0.3, 0.4) is 0 Å². The summed E-state index contributed by atoms with van der Waals surface area (Å²) in [5.74, 6) is -4.73. The monoisotopic (exact) mass is 363 g/mol. The number of benzene rings is 1. The molecule has 130 valence electrons. The highest BCUT2D eigenvalue weighted by atomic mass is 32.1. The summed E-state index contributed by atoms with van der Waals surface area (Å²) >= 11 is 1.25. The number of nitrogens with one attached hydrogen (secondary N) is 1. The van der Waals surface area contributed by atoms with Crippen LogP contribution in [0.1, 0.15) is 15.2 Å². The lowest BCUT2D eigenvalue weighted by atomic mass is 10.1. The summed E-state index contributed by atoms with van der Waals surface area (Å²) in [4.78, 5) is 45.0. The summed E-state index contributed by atoms with van der Waals surface area (Å²) in [5, 5.41) is 21.2. The molecule has 0 aliphatic rings. The Kier molecular flexibility index (Phi) is 5.85. The summed E-state index contributed by atoms with van der Waals surface area (Å²) in [6.45, 7) is 0. The molecule has 0 radical (unpaired) electrons. The molecule has 2 rings (SSSR count). The fourth-order valence-corrected chi connectivity index (χ4v) is 2.50. The molecule has 2 aromatic rings. The molecule has 0 bridgehead atoms. The zero-order valence-corrected chi connectivity index (χ0v) is 13.5. The van der Waals surface area contributed by atoms with Crippen LogP contribution in [0.5, 0.6) is 5.75 Å². The first-order valence-electron chi connectivity index (χ1n) is 6.98. The van der Waals surface area contributed by atoms with Gasteiger partial charge in [0, 0.05) is 6.42 Å². The van der Waals surface area contributed by atoms with E-state index in [0.717, 1.165) is 0 Å². The third kappa shape index (κ3) is 5.15. The van der Waals surface area contributed by atoms with Crippen LogP contribution in [0.2, 0.25) is 0 Å². The number of carboxylic acid groups (broad SMARTS) is 2. The minimum atomic E-state index is -1.76. The summed E-state index contributed by atoms with van der Waals surface area (Å²) in [6.07, 6.45) is -0.118. The molecule has 0 saturated heterocycles. The number of carbonyl (C=O) groups is 4. The van der Waals surface area contributed by atoms with Gasteiger partial charge < -0.3 is 20.3 Å². The molecule has 0 aliphatic heterocycles. The number of thiophene rings is 1. The Morgan fingerprint density at radius 3 is 2.28 bits per heavy atom. The molecule has 0 unspecified atom stereocenters. The Bertz CT molecular complexity index is 783. The number of hydrogen-bond donors (Lipinski definition) is 3. The zero-order chi connectivity index (χ0) is 18.4. The van der Waals surface area contributed by atoms with Crippen molar-refractivity contribution in [2.45, 2.75) is 12.5 Å². The second kappa shape index (κ2) is 8.06. The Morgan fingerprint density at radius 1 is 1.08 bits per heavy atom. The lowest BCUT2D eigenvalue weighted by molar-refractivity contribution is -0.152. The van der Waals surface area contributed by atoms with Gasteiger partial charge in [0.05, 0.1) is 0 Å². The molecule has 9 heteroatoms. The van der Waals surface area contributed by atoms with Crippen molar-refractivity contribution in [3.05, 3.63) is 52.2 Å². The van der Waals surface area contributed by atoms with Crippen molar-refractivity contribution < 1.29 is 34.1 Å². The Balaban J connectivity index is 2.00. The number of ether oxygens (including phenoxy) is 1. The average molecular weight is 363 g/mol. The minimum Gasteiger partial charge on any atom is -0.480 e. The topological polar surface area (TPSA) is 130 Å². The van der Waals surface area contributed by atoms with E-state index < -0.39 is 29.9 Å². The molecule has 1 atom stereocenters. The fourth-order valence-electron chi connectivity index (χ4n) is 1.90. The number of rotatable bonds is 6. The summed E-state index contributed by atoms with van der Waals surface area (Å²) in [6, 6.07) is 7.99. The van der Waals surface area contributed by atoms with Crippen LogP contribution in [-0.4, -0.2) is 40.1 Å². The molecule has 1 heterocycles. The van der Waals surface area contributed by atoms with E-state index in [4.69, 9.17) is 14.9 Å². The highest BCUT2D eigenvalue weighted by molar-refractivity contribution is 7.12. The number of carboxylic acids is 2. The third-order valence-electron chi connectivity index (χ3n) is 3.09. The van der Waals surface area contributed by atoms with Crippen molar-refractivity contribution >= 4 is 35.2 Å². The van der Waals surface area contributed by atoms with Gasteiger partial charge in [0.25, 0.3) is 0 Å². The first-order valence-corrected chi connectivity index (χ1v) is 7.86. The van der Waals surface area contributed by atoms with Gasteiger partial charge in [0.15, 0.2) is 0 Å². The van der Waals surface area contributed by atoms with Crippen molar-refractivity contribution in [3.63, 3.8) is 0 Å². The van der Waals surface area contributed by atoms with Crippen LogP contribution in [0.4, 0.5) is 0 Å². The van der Waals surface area contributed by atoms with Gasteiger partial charge in [-0.1, -0.05) is 18.2 Å². The smallest absolute Gasteiger partial charge is 0.394 e. The lowest BCUT2D eigenvalue weighted by Gasteiger charge is -2.13. The second-order valence-corrected chi connectivity index (χ2v) is 5.83. The van der Waals surface area contributed by atoms with Gasteiger partial charge in [0.2, 0.25) is 0 Å². The van der Waals surface area contributed by atoms with E-state index in [1.54, 1.807) is 17.5 Å². The van der Waals surface area contributed by atoms with Crippen LogP contribution < -0.4 is 10.1 Å². The van der Waals surface area contributed by atoms with Gasteiger partial charge in [-0.05, 0) is 29.1 Å². The van der Waals surface area contributed by atoms with Crippen LogP contribution in [0.25, 0.3) is 0 Å². The van der Waals surface area contributed by atoms with Crippen molar-refractivity contribution in [2.24, 2.45) is 0 Å². The van der Waals surface area contributed by atoms with E-state index in [-0.39, 0.29) is 12.2 Å². The number of amides is 1. The maximum Gasteiger partial charge on any atom is 0.394 e. The van der Waals surface area contributed by atoms with E-state index in [9.17, 15) is 19.2 Å². The third-order valence-corrected chi connectivity index (χ3v) is 3.94. The maximum absolute atomic E-state index is 11.8.